The Morgan fingerprint density at radius 3 is 2.53 bits per heavy atom. The van der Waals surface area contributed by atoms with Gasteiger partial charge in [-0.3, -0.25) is 0 Å². The number of rotatable bonds is 2. The predicted molar refractivity (Wildman–Crippen MR) is 72.3 cm³/mol. The lowest BCUT2D eigenvalue weighted by molar-refractivity contribution is 0.691. The van der Waals surface area contributed by atoms with Crippen molar-refractivity contribution in [2.45, 2.75) is 19.4 Å². The molecule has 0 N–H and O–H groups in total. The molecule has 0 saturated carbocycles. The summed E-state index contributed by atoms with van der Waals surface area (Å²) in [4.78, 5) is 2.49. The van der Waals surface area contributed by atoms with E-state index in [1.54, 1.807) is 0 Å². The summed E-state index contributed by atoms with van der Waals surface area (Å²) < 4.78 is 0. The summed E-state index contributed by atoms with van der Waals surface area (Å²) in [7, 11) is 0. The van der Waals surface area contributed by atoms with Gasteiger partial charge in [-0.25, -0.2) is 0 Å². The third-order valence-corrected chi connectivity index (χ3v) is 3.42. The van der Waals surface area contributed by atoms with Crippen molar-refractivity contribution < 1.29 is 0 Å². The first-order valence-electron chi connectivity index (χ1n) is 6.30. The van der Waals surface area contributed by atoms with Crippen molar-refractivity contribution >= 4 is 5.69 Å². The van der Waals surface area contributed by atoms with E-state index in [9.17, 15) is 0 Å². The van der Waals surface area contributed by atoms with Crippen LogP contribution in [0.5, 0.6) is 0 Å². The van der Waals surface area contributed by atoms with Crippen molar-refractivity contribution in [1.29, 1.82) is 0 Å². The number of nitrogens with zero attached hydrogens (tertiary/aromatic N) is 1. The molecule has 0 unspecified atom stereocenters. The zero-order valence-corrected chi connectivity index (χ0v) is 9.97. The molecule has 1 heteroatoms. The van der Waals surface area contributed by atoms with Crippen LogP contribution in [0.3, 0.4) is 0 Å². The smallest absolute Gasteiger partial charge is 0.0429 e. The molecule has 0 saturated heterocycles. The lowest BCUT2D eigenvalue weighted by Gasteiger charge is -2.31. The second-order valence-corrected chi connectivity index (χ2v) is 4.64. The average molecular weight is 223 g/mol. The second kappa shape index (κ2) is 4.62. The van der Waals surface area contributed by atoms with Crippen molar-refractivity contribution in [2.75, 3.05) is 11.4 Å². The van der Waals surface area contributed by atoms with Gasteiger partial charge in [-0.1, -0.05) is 48.5 Å². The zero-order valence-electron chi connectivity index (χ0n) is 9.97. The van der Waals surface area contributed by atoms with Crippen LogP contribution >= 0.6 is 0 Å². The number of anilines is 1. The summed E-state index contributed by atoms with van der Waals surface area (Å²) in [5, 5.41) is 0. The molecule has 0 bridgehead atoms. The Bertz CT molecular complexity index is 490. The maximum absolute atomic E-state index is 2.49. The van der Waals surface area contributed by atoms with Gasteiger partial charge in [0.15, 0.2) is 0 Å². The van der Waals surface area contributed by atoms with E-state index in [2.05, 4.69) is 59.5 Å². The molecule has 0 spiro atoms. The average Bonchev–Trinajstić information content (AvgIpc) is 2.40. The number of hydrogen-bond acceptors (Lipinski definition) is 1. The fourth-order valence-electron chi connectivity index (χ4n) is 2.58. The zero-order chi connectivity index (χ0) is 11.5. The summed E-state index contributed by atoms with van der Waals surface area (Å²) in [6, 6.07) is 19.5. The van der Waals surface area contributed by atoms with Gasteiger partial charge >= 0.3 is 0 Å². The number of para-hydroxylation sites is 1. The minimum atomic E-state index is 1.03. The van der Waals surface area contributed by atoms with E-state index in [1.165, 1.54) is 36.2 Å². The van der Waals surface area contributed by atoms with Crippen LogP contribution in [-0.2, 0) is 13.0 Å². The molecule has 1 nitrogen and oxygen atoms in total. The Balaban J connectivity index is 1.86. The summed E-state index contributed by atoms with van der Waals surface area (Å²) in [5.74, 6) is 0. The fraction of sp³-hybridized carbons (Fsp3) is 0.250. The van der Waals surface area contributed by atoms with E-state index < -0.39 is 0 Å². The summed E-state index contributed by atoms with van der Waals surface area (Å²) in [6.45, 7) is 2.20. The number of aryl methyl sites for hydroxylation is 1. The minimum absolute atomic E-state index is 1.03. The van der Waals surface area contributed by atoms with Crippen LogP contribution in [0.15, 0.2) is 54.6 Å². The lowest BCUT2D eigenvalue weighted by Crippen LogP contribution is -2.28. The number of fused-ring (bicyclic) bond motifs is 1. The molecular formula is C16H17N. The van der Waals surface area contributed by atoms with Crippen LogP contribution in [0, 0.1) is 0 Å². The van der Waals surface area contributed by atoms with Crippen LogP contribution in [0.4, 0.5) is 5.69 Å². The quantitative estimate of drug-likeness (QED) is 0.751. The van der Waals surface area contributed by atoms with Gasteiger partial charge in [0.1, 0.15) is 0 Å². The molecule has 1 aliphatic rings. The van der Waals surface area contributed by atoms with Crippen molar-refractivity contribution in [3.05, 3.63) is 65.7 Å². The molecule has 0 atom stereocenters. The molecule has 2 aromatic carbocycles. The van der Waals surface area contributed by atoms with Crippen LogP contribution in [0.25, 0.3) is 0 Å². The third-order valence-electron chi connectivity index (χ3n) is 3.42. The maximum atomic E-state index is 2.49. The first-order valence-corrected chi connectivity index (χ1v) is 6.30. The number of hydrogen-bond donors (Lipinski definition) is 0. The highest BCUT2D eigenvalue weighted by molar-refractivity contribution is 5.55. The Morgan fingerprint density at radius 1 is 0.882 bits per heavy atom. The molecule has 3 rings (SSSR count). The molecule has 86 valence electrons. The molecule has 1 aliphatic heterocycles. The third kappa shape index (κ3) is 2.19. The molecule has 0 amide bonds. The SMILES string of the molecule is c1ccc(CN2CCCc3ccccc32)cc1. The minimum Gasteiger partial charge on any atom is -0.367 e. The predicted octanol–water partition coefficient (Wildman–Crippen LogP) is 3.64. The van der Waals surface area contributed by atoms with E-state index in [0.717, 1.165) is 6.54 Å². The molecule has 1 heterocycles. The summed E-state index contributed by atoms with van der Waals surface area (Å²) >= 11 is 0. The van der Waals surface area contributed by atoms with Gasteiger partial charge in [0.25, 0.3) is 0 Å². The van der Waals surface area contributed by atoms with Gasteiger partial charge in [0.05, 0.1) is 0 Å². The molecule has 17 heavy (non-hydrogen) atoms. The molecular weight excluding hydrogens is 206 g/mol. The molecule has 2 aromatic rings. The van der Waals surface area contributed by atoms with E-state index in [1.807, 2.05) is 0 Å². The molecule has 0 aliphatic carbocycles. The molecule has 0 fully saturated rings. The fourth-order valence-corrected chi connectivity index (χ4v) is 2.58. The van der Waals surface area contributed by atoms with Gasteiger partial charge in [-0.05, 0) is 30.0 Å². The monoisotopic (exact) mass is 223 g/mol. The lowest BCUT2D eigenvalue weighted by atomic mass is 10.0. The van der Waals surface area contributed by atoms with Crippen LogP contribution in [0.1, 0.15) is 17.5 Å². The highest BCUT2D eigenvalue weighted by Crippen LogP contribution is 2.27. The van der Waals surface area contributed by atoms with E-state index >= 15 is 0 Å². The van der Waals surface area contributed by atoms with Gasteiger partial charge in [-0.15, -0.1) is 0 Å². The van der Waals surface area contributed by atoms with Crippen molar-refractivity contribution in [3.63, 3.8) is 0 Å². The van der Waals surface area contributed by atoms with Crippen LogP contribution in [0.2, 0.25) is 0 Å². The molecule has 0 aromatic heterocycles. The van der Waals surface area contributed by atoms with Gasteiger partial charge in [-0.2, -0.15) is 0 Å². The Hall–Kier alpha value is -1.76. The first-order chi connectivity index (χ1) is 8.43. The Kier molecular flexibility index (Phi) is 2.83. The Morgan fingerprint density at radius 2 is 1.65 bits per heavy atom. The van der Waals surface area contributed by atoms with Crippen LogP contribution < -0.4 is 4.90 Å². The van der Waals surface area contributed by atoms with E-state index in [4.69, 9.17) is 0 Å². The van der Waals surface area contributed by atoms with E-state index in [0.29, 0.717) is 0 Å². The largest absolute Gasteiger partial charge is 0.367 e. The van der Waals surface area contributed by atoms with Gasteiger partial charge in [0.2, 0.25) is 0 Å². The van der Waals surface area contributed by atoms with Crippen molar-refractivity contribution in [2.24, 2.45) is 0 Å². The van der Waals surface area contributed by atoms with Gasteiger partial charge in [0, 0.05) is 18.8 Å². The van der Waals surface area contributed by atoms with Crippen molar-refractivity contribution in [3.8, 4) is 0 Å². The van der Waals surface area contributed by atoms with Crippen molar-refractivity contribution in [1.82, 2.24) is 0 Å². The highest BCUT2D eigenvalue weighted by atomic mass is 15.1. The standard InChI is InChI=1S/C16H17N/c1-2-7-14(8-3-1)13-17-12-6-10-15-9-4-5-11-16(15)17/h1-5,7-9,11H,6,10,12-13H2. The summed E-state index contributed by atoms with van der Waals surface area (Å²) in [6.07, 6.45) is 2.49. The topological polar surface area (TPSA) is 3.24 Å². The molecule has 0 radical (unpaired) electrons. The van der Waals surface area contributed by atoms with E-state index in [-0.39, 0.29) is 0 Å². The van der Waals surface area contributed by atoms with Gasteiger partial charge < -0.3 is 4.90 Å². The normalized spacial score (nSPS) is 14.5. The summed E-state index contributed by atoms with van der Waals surface area (Å²) in [5.41, 5.74) is 4.31. The first kappa shape index (κ1) is 10.4. The maximum Gasteiger partial charge on any atom is 0.0429 e. The number of benzene rings is 2. The van der Waals surface area contributed by atoms with Crippen LogP contribution in [-0.4, -0.2) is 6.54 Å². The highest BCUT2D eigenvalue weighted by Gasteiger charge is 2.15. The Labute approximate surface area is 103 Å². The second-order valence-electron chi connectivity index (χ2n) is 4.64.